The van der Waals surface area contributed by atoms with E-state index in [0.29, 0.717) is 15.8 Å². The third-order valence-corrected chi connectivity index (χ3v) is 13.2. The highest BCUT2D eigenvalue weighted by Gasteiger charge is 2.45. The summed E-state index contributed by atoms with van der Waals surface area (Å²) in [5.74, 6) is 0. The van der Waals surface area contributed by atoms with E-state index in [2.05, 4.69) is 61.5 Å². The van der Waals surface area contributed by atoms with Gasteiger partial charge in [-0.3, -0.25) is 9.11 Å². The van der Waals surface area contributed by atoms with Crippen LogP contribution in [-0.2, 0) is 31.1 Å². The van der Waals surface area contributed by atoms with Crippen LogP contribution in [0, 0.1) is 0 Å². The summed E-state index contributed by atoms with van der Waals surface area (Å²) in [5.41, 5.74) is 7.14. The second-order valence-corrected chi connectivity index (χ2v) is 17.8. The lowest BCUT2D eigenvalue weighted by atomic mass is 9.78. The van der Waals surface area contributed by atoms with Crippen molar-refractivity contribution in [2.75, 3.05) is 19.0 Å². The Balaban J connectivity index is 1.23. The summed E-state index contributed by atoms with van der Waals surface area (Å²) in [6, 6.07) is 17.3. The minimum Gasteiger partial charge on any atom is -0.347 e. The molecule has 51 heavy (non-hydrogen) atoms. The Hall–Kier alpha value is -4.06. The maximum atomic E-state index is 12.2. The van der Waals surface area contributed by atoms with Crippen molar-refractivity contribution in [3.05, 3.63) is 118 Å². The summed E-state index contributed by atoms with van der Waals surface area (Å²) in [7, 11) is -4.77. The number of benzene rings is 4. The average Bonchev–Trinajstić information content (AvgIpc) is 3.38. The summed E-state index contributed by atoms with van der Waals surface area (Å²) in [6.07, 6.45) is 11.0. The van der Waals surface area contributed by atoms with E-state index < -0.39 is 31.1 Å². The lowest BCUT2D eigenvalue weighted by Gasteiger charge is -2.25. The smallest absolute Gasteiger partial charge is 0.295 e. The molecule has 0 amide bonds. The van der Waals surface area contributed by atoms with E-state index in [1.165, 1.54) is 12.1 Å². The Morgan fingerprint density at radius 1 is 0.745 bits per heavy atom. The highest BCUT2D eigenvalue weighted by molar-refractivity contribution is 7.86. The molecule has 7 rings (SSSR count). The Kier molecular flexibility index (Phi) is 8.32. The topological polar surface area (TPSA) is 115 Å². The first kappa shape index (κ1) is 35.3. The van der Waals surface area contributed by atoms with Crippen molar-refractivity contribution in [2.45, 2.75) is 67.6 Å². The Morgan fingerprint density at radius 3 is 1.94 bits per heavy atom. The lowest BCUT2D eigenvalue weighted by Crippen LogP contribution is -2.27. The molecular weight excluding hydrogens is 704 g/mol. The maximum absolute atomic E-state index is 12.2. The average molecular weight is 744 g/mol. The van der Waals surface area contributed by atoms with Gasteiger partial charge in [0.15, 0.2) is 5.71 Å². The van der Waals surface area contributed by atoms with Crippen LogP contribution in [0.3, 0.4) is 0 Å². The molecule has 0 bridgehead atoms. The molecule has 3 aliphatic rings. The molecule has 2 aliphatic heterocycles. The number of hydrogen-bond acceptors (Lipinski definition) is 5. The molecule has 1 aliphatic carbocycles. The molecule has 0 radical (unpaired) electrons. The summed E-state index contributed by atoms with van der Waals surface area (Å²) in [6.45, 7) is 8.47. The van der Waals surface area contributed by atoms with Crippen LogP contribution in [0.25, 0.3) is 21.5 Å². The first-order valence-corrected chi connectivity index (χ1v) is 20.0. The molecule has 264 valence electrons. The van der Waals surface area contributed by atoms with Crippen molar-refractivity contribution in [3.8, 4) is 0 Å². The van der Waals surface area contributed by atoms with Crippen LogP contribution in [0.2, 0.25) is 0 Å². The number of rotatable bonds is 5. The molecule has 4 aromatic rings. The van der Waals surface area contributed by atoms with Crippen LogP contribution >= 0.6 is 11.6 Å². The van der Waals surface area contributed by atoms with Gasteiger partial charge in [0.1, 0.15) is 16.8 Å². The highest BCUT2D eigenvalue weighted by Crippen LogP contribution is 2.51. The largest absolute Gasteiger partial charge is 0.347 e. The molecule has 2 heterocycles. The summed E-state index contributed by atoms with van der Waals surface area (Å²) >= 11 is 7.12. The van der Waals surface area contributed by atoms with Gasteiger partial charge in [-0.15, -0.1) is 0 Å². The van der Waals surface area contributed by atoms with Gasteiger partial charge in [-0.05, 0) is 90.9 Å². The number of halogens is 1. The molecule has 8 nitrogen and oxygen atoms in total. The molecule has 0 saturated carbocycles. The minimum absolute atomic E-state index is 0.102. The van der Waals surface area contributed by atoms with E-state index in [1.54, 1.807) is 24.3 Å². The molecule has 2 N–H and O–H groups in total. The van der Waals surface area contributed by atoms with Crippen LogP contribution in [0.15, 0.2) is 117 Å². The number of fused-ring (bicyclic) bond motifs is 6. The van der Waals surface area contributed by atoms with E-state index in [1.807, 2.05) is 38.4 Å². The van der Waals surface area contributed by atoms with Gasteiger partial charge in [0, 0.05) is 57.4 Å². The summed E-state index contributed by atoms with van der Waals surface area (Å²) in [4.78, 5) is 1.92. The van der Waals surface area contributed by atoms with Crippen molar-refractivity contribution in [2.24, 2.45) is 0 Å². The molecular formula is C40H40ClN2O6S2+. The molecule has 4 aromatic carbocycles. The molecule has 0 saturated heterocycles. The van der Waals surface area contributed by atoms with Gasteiger partial charge in [-0.2, -0.15) is 21.4 Å². The van der Waals surface area contributed by atoms with Crippen molar-refractivity contribution in [1.29, 1.82) is 0 Å². The second kappa shape index (κ2) is 12.0. The van der Waals surface area contributed by atoms with Crippen LogP contribution in [-0.4, -0.2) is 50.3 Å². The van der Waals surface area contributed by atoms with Gasteiger partial charge in [0.2, 0.25) is 5.69 Å². The lowest BCUT2D eigenvalue weighted by molar-refractivity contribution is -0.401. The molecule has 0 aromatic heterocycles. The fourth-order valence-electron chi connectivity index (χ4n) is 8.52. The maximum Gasteiger partial charge on any atom is 0.295 e. The SMILES string of the molecule is CN1/C(=C/C=C2\CCCC(/C=C/C3=[N+](C)c4ccc5c(S(=O)(=O)O)cccc5c4C3(C)C)=C2Cl)C(C)(C)c2c1ccc1c(S(=O)(=O)O)cccc21. The third-order valence-electron chi connectivity index (χ3n) is 10.9. The molecule has 11 heteroatoms. The molecule has 0 fully saturated rings. The van der Waals surface area contributed by atoms with Crippen molar-refractivity contribution >= 4 is 70.5 Å². The fourth-order valence-corrected chi connectivity index (χ4v) is 10.2. The normalized spacial score (nSPS) is 20.5. The van der Waals surface area contributed by atoms with Gasteiger partial charge in [-0.25, -0.2) is 0 Å². The van der Waals surface area contributed by atoms with Gasteiger partial charge in [0.25, 0.3) is 20.2 Å². The van der Waals surface area contributed by atoms with E-state index in [0.717, 1.165) is 75.1 Å². The van der Waals surface area contributed by atoms with E-state index in [4.69, 9.17) is 11.6 Å². The fraction of sp³-hybridized carbons (Fsp3) is 0.275. The number of allylic oxidation sites excluding steroid dienone is 8. The summed E-state index contributed by atoms with van der Waals surface area (Å²) in [5, 5.41) is 3.26. The van der Waals surface area contributed by atoms with E-state index in [9.17, 15) is 25.9 Å². The van der Waals surface area contributed by atoms with Gasteiger partial charge >= 0.3 is 0 Å². The quantitative estimate of drug-likeness (QED) is 0.155. The Morgan fingerprint density at radius 2 is 1.33 bits per heavy atom. The van der Waals surface area contributed by atoms with Gasteiger partial charge in [-0.1, -0.05) is 67.9 Å². The van der Waals surface area contributed by atoms with Gasteiger partial charge < -0.3 is 4.90 Å². The second-order valence-electron chi connectivity index (χ2n) is 14.6. The highest BCUT2D eigenvalue weighted by atomic mass is 35.5. The minimum atomic E-state index is -4.39. The van der Waals surface area contributed by atoms with Crippen LogP contribution in [0.5, 0.6) is 0 Å². The zero-order valence-corrected chi connectivity index (χ0v) is 31.7. The van der Waals surface area contributed by atoms with Crippen molar-refractivity contribution in [1.82, 2.24) is 0 Å². The zero-order chi connectivity index (χ0) is 36.8. The molecule has 0 atom stereocenters. The first-order chi connectivity index (χ1) is 23.8. The first-order valence-electron chi connectivity index (χ1n) is 16.8. The van der Waals surface area contributed by atoms with Crippen LogP contribution in [0.1, 0.15) is 58.1 Å². The Labute approximate surface area is 304 Å². The standard InChI is InChI=1S/C40H39ClN2O6S2/c1-39(2)34(42(5)30-20-18-26-28(36(30)39)12-8-14-32(26)50(44,45)46)22-16-24-10-7-11-25(38(24)41)17-23-35-40(3,4)37-29-13-9-15-33(51(47,48)49)27(29)19-21-31(37)43(35)6/h8-9,12-23H,7,10-11H2,1-6H3,(H-,44,45,46,47,48,49)/p+1. The number of nitrogens with zero attached hydrogens (tertiary/aromatic N) is 2. The third kappa shape index (κ3) is 5.59. The van der Waals surface area contributed by atoms with E-state index >= 15 is 0 Å². The Bertz CT molecular complexity index is 2590. The predicted octanol–water partition coefficient (Wildman–Crippen LogP) is 8.96. The van der Waals surface area contributed by atoms with Crippen molar-refractivity contribution < 1.29 is 30.5 Å². The zero-order valence-electron chi connectivity index (χ0n) is 29.3. The van der Waals surface area contributed by atoms with E-state index in [-0.39, 0.29) is 9.79 Å². The van der Waals surface area contributed by atoms with Crippen molar-refractivity contribution in [3.63, 3.8) is 0 Å². The molecule has 0 unspecified atom stereocenters. The number of hydrogen-bond donors (Lipinski definition) is 2. The van der Waals surface area contributed by atoms with Crippen LogP contribution in [0.4, 0.5) is 11.4 Å². The predicted molar refractivity (Wildman–Crippen MR) is 205 cm³/mol. The summed E-state index contributed by atoms with van der Waals surface area (Å²) < 4.78 is 70.5. The number of anilines is 1. The van der Waals surface area contributed by atoms with Gasteiger partial charge in [0.05, 0.1) is 5.41 Å². The monoisotopic (exact) mass is 743 g/mol. The van der Waals surface area contributed by atoms with Crippen LogP contribution < -0.4 is 4.90 Å². The molecule has 0 spiro atoms. The number of likely N-dealkylation sites (N-methyl/N-ethyl adjacent to an activating group) is 1.